The van der Waals surface area contributed by atoms with Gasteiger partial charge in [0.25, 0.3) is 0 Å². The zero-order valence-electron chi connectivity index (χ0n) is 10.5. The van der Waals surface area contributed by atoms with Crippen LogP contribution in [0.1, 0.15) is 31.7 Å². The molecule has 1 atom stereocenters. The lowest BCUT2D eigenvalue weighted by atomic mass is 10.0. The number of halogens is 2. The maximum Gasteiger partial charge on any atom is 0.222 e. The van der Waals surface area contributed by atoms with Crippen molar-refractivity contribution >= 4 is 21.8 Å². The van der Waals surface area contributed by atoms with Crippen LogP contribution in [-0.4, -0.2) is 17.4 Å². The number of amides is 1. The van der Waals surface area contributed by atoms with Crippen LogP contribution in [0.3, 0.4) is 0 Å². The number of hydrogen-bond acceptors (Lipinski definition) is 1. The summed E-state index contributed by atoms with van der Waals surface area (Å²) in [7, 11) is 0. The fourth-order valence-corrected chi connectivity index (χ4v) is 2.78. The second-order valence-electron chi connectivity index (χ2n) is 5.03. The second kappa shape index (κ2) is 5.83. The van der Waals surface area contributed by atoms with E-state index in [-0.39, 0.29) is 11.7 Å². The number of carbonyl (C=O) groups excluding carboxylic acids is 1. The first-order valence-electron chi connectivity index (χ1n) is 6.27. The summed E-state index contributed by atoms with van der Waals surface area (Å²) < 4.78 is 14.0. The van der Waals surface area contributed by atoms with Crippen LogP contribution < -0.4 is 0 Å². The summed E-state index contributed by atoms with van der Waals surface area (Å²) in [4.78, 5) is 13.8. The Morgan fingerprint density at radius 3 is 2.89 bits per heavy atom. The fourth-order valence-electron chi connectivity index (χ4n) is 2.26. The Morgan fingerprint density at radius 1 is 1.39 bits per heavy atom. The lowest BCUT2D eigenvalue weighted by molar-refractivity contribution is -0.131. The molecule has 0 spiro atoms. The van der Waals surface area contributed by atoms with Crippen LogP contribution in [0, 0.1) is 11.7 Å². The molecule has 18 heavy (non-hydrogen) atoms. The highest BCUT2D eigenvalue weighted by Crippen LogP contribution is 2.21. The Morgan fingerprint density at radius 2 is 2.17 bits per heavy atom. The molecule has 1 aliphatic heterocycles. The van der Waals surface area contributed by atoms with Gasteiger partial charge in [-0.25, -0.2) is 4.39 Å². The minimum Gasteiger partial charge on any atom is -0.338 e. The summed E-state index contributed by atoms with van der Waals surface area (Å²) in [5.74, 6) is 0.507. The van der Waals surface area contributed by atoms with Crippen LogP contribution in [-0.2, 0) is 11.3 Å². The smallest absolute Gasteiger partial charge is 0.222 e. The van der Waals surface area contributed by atoms with Gasteiger partial charge in [-0.05, 0) is 42.5 Å². The topological polar surface area (TPSA) is 20.3 Å². The number of rotatable bonds is 2. The van der Waals surface area contributed by atoms with E-state index in [9.17, 15) is 9.18 Å². The van der Waals surface area contributed by atoms with Crippen molar-refractivity contribution in [2.24, 2.45) is 5.92 Å². The average Bonchev–Trinajstić information content (AvgIpc) is 2.43. The number of likely N-dealkylation sites (tertiary alicyclic amines) is 1. The van der Waals surface area contributed by atoms with Gasteiger partial charge >= 0.3 is 0 Å². The Balaban J connectivity index is 2.09. The molecule has 1 aliphatic rings. The molecule has 0 saturated carbocycles. The Kier molecular flexibility index (Phi) is 4.38. The predicted molar refractivity (Wildman–Crippen MR) is 72.5 cm³/mol. The molecule has 1 saturated heterocycles. The van der Waals surface area contributed by atoms with E-state index in [0.29, 0.717) is 23.4 Å². The van der Waals surface area contributed by atoms with Gasteiger partial charge in [0, 0.05) is 24.0 Å². The number of hydrogen-bond donors (Lipinski definition) is 0. The summed E-state index contributed by atoms with van der Waals surface area (Å²) in [6.07, 6.45) is 2.60. The second-order valence-corrected chi connectivity index (χ2v) is 5.94. The highest BCUT2D eigenvalue weighted by Gasteiger charge is 2.20. The first-order chi connectivity index (χ1) is 8.54. The van der Waals surface area contributed by atoms with Crippen LogP contribution in [0.25, 0.3) is 0 Å². The maximum atomic E-state index is 13.3. The van der Waals surface area contributed by atoms with Crippen molar-refractivity contribution in [2.45, 2.75) is 32.7 Å². The number of carbonyl (C=O) groups is 1. The predicted octanol–water partition coefficient (Wildman–Crippen LogP) is 3.74. The Bertz CT molecular complexity index is 429. The molecule has 98 valence electrons. The van der Waals surface area contributed by atoms with Gasteiger partial charge in [-0.3, -0.25) is 4.79 Å². The molecule has 1 amide bonds. The molecule has 2 nitrogen and oxygen atoms in total. The van der Waals surface area contributed by atoms with E-state index < -0.39 is 0 Å². The monoisotopic (exact) mass is 313 g/mol. The van der Waals surface area contributed by atoms with Gasteiger partial charge in [-0.1, -0.05) is 22.9 Å². The van der Waals surface area contributed by atoms with Crippen molar-refractivity contribution in [3.05, 3.63) is 34.1 Å². The van der Waals surface area contributed by atoms with Crippen molar-refractivity contribution in [2.75, 3.05) is 6.54 Å². The van der Waals surface area contributed by atoms with Gasteiger partial charge in [0.05, 0.1) is 0 Å². The third kappa shape index (κ3) is 3.55. The minimum absolute atomic E-state index is 0.180. The zero-order valence-corrected chi connectivity index (χ0v) is 12.0. The van der Waals surface area contributed by atoms with Gasteiger partial charge < -0.3 is 4.90 Å². The third-order valence-electron chi connectivity index (χ3n) is 3.39. The quantitative estimate of drug-likeness (QED) is 0.814. The Hall–Kier alpha value is -0.900. The molecule has 4 heteroatoms. The highest BCUT2D eigenvalue weighted by atomic mass is 79.9. The van der Waals surface area contributed by atoms with Gasteiger partial charge in [-0.2, -0.15) is 0 Å². The van der Waals surface area contributed by atoms with Crippen molar-refractivity contribution in [1.82, 2.24) is 4.90 Å². The fraction of sp³-hybridized carbons (Fsp3) is 0.500. The van der Waals surface area contributed by atoms with E-state index in [1.807, 2.05) is 11.0 Å². The summed E-state index contributed by atoms with van der Waals surface area (Å²) in [5.41, 5.74) is 0.838. The molecule has 0 radical (unpaired) electrons. The summed E-state index contributed by atoms with van der Waals surface area (Å²) >= 11 is 3.27. The van der Waals surface area contributed by atoms with Crippen molar-refractivity contribution in [3.8, 4) is 0 Å². The molecule has 1 unspecified atom stereocenters. The van der Waals surface area contributed by atoms with Crippen LogP contribution in [0.2, 0.25) is 0 Å². The normalized spacial score (nSPS) is 20.9. The van der Waals surface area contributed by atoms with Crippen LogP contribution in [0.4, 0.5) is 4.39 Å². The van der Waals surface area contributed by atoms with Crippen LogP contribution >= 0.6 is 15.9 Å². The molecule has 0 bridgehead atoms. The third-order valence-corrected chi connectivity index (χ3v) is 3.85. The molecule has 0 aromatic heterocycles. The van der Waals surface area contributed by atoms with E-state index in [4.69, 9.17) is 0 Å². The maximum absolute atomic E-state index is 13.3. The number of benzene rings is 1. The summed E-state index contributed by atoms with van der Waals surface area (Å²) in [6.45, 7) is 3.45. The van der Waals surface area contributed by atoms with Gasteiger partial charge in [0.15, 0.2) is 0 Å². The largest absolute Gasteiger partial charge is 0.338 e. The first-order valence-corrected chi connectivity index (χ1v) is 7.06. The molecule has 1 aromatic rings. The van der Waals surface area contributed by atoms with Crippen molar-refractivity contribution < 1.29 is 9.18 Å². The van der Waals surface area contributed by atoms with E-state index in [0.717, 1.165) is 24.9 Å². The summed E-state index contributed by atoms with van der Waals surface area (Å²) in [6, 6.07) is 4.78. The molecular weight excluding hydrogens is 297 g/mol. The molecule has 1 aromatic carbocycles. The van der Waals surface area contributed by atoms with E-state index >= 15 is 0 Å². The van der Waals surface area contributed by atoms with Gasteiger partial charge in [0.2, 0.25) is 5.91 Å². The van der Waals surface area contributed by atoms with Crippen molar-refractivity contribution in [3.63, 3.8) is 0 Å². The van der Waals surface area contributed by atoms with Crippen molar-refractivity contribution in [1.29, 1.82) is 0 Å². The Labute approximate surface area is 115 Å². The molecule has 0 N–H and O–H groups in total. The molecular formula is C14H17BrFNO. The van der Waals surface area contributed by atoms with Gasteiger partial charge in [-0.15, -0.1) is 0 Å². The average molecular weight is 314 g/mol. The van der Waals surface area contributed by atoms with E-state index in [2.05, 4.69) is 22.9 Å². The van der Waals surface area contributed by atoms with Crippen LogP contribution in [0.5, 0.6) is 0 Å². The first kappa shape index (κ1) is 13.5. The van der Waals surface area contributed by atoms with Gasteiger partial charge in [0.1, 0.15) is 5.82 Å². The molecule has 2 rings (SSSR count). The van der Waals surface area contributed by atoms with Crippen LogP contribution in [0.15, 0.2) is 22.7 Å². The summed E-state index contributed by atoms with van der Waals surface area (Å²) in [5, 5.41) is 0. The lowest BCUT2D eigenvalue weighted by Crippen LogP contribution is -2.29. The minimum atomic E-state index is -0.269. The molecule has 0 aliphatic carbocycles. The highest BCUT2D eigenvalue weighted by molar-refractivity contribution is 9.10. The SMILES string of the molecule is CC1CCC(=O)N(Cc2cc(F)cc(Br)c2)CC1. The molecule has 1 fully saturated rings. The van der Waals surface area contributed by atoms with E-state index in [1.165, 1.54) is 12.1 Å². The molecule has 1 heterocycles. The standard InChI is InChI=1S/C14H17BrFNO/c1-10-2-3-14(18)17(5-4-10)9-11-6-12(15)8-13(16)7-11/h6-8,10H,2-5,9H2,1H3. The number of nitrogens with zero attached hydrogens (tertiary/aromatic N) is 1. The lowest BCUT2D eigenvalue weighted by Gasteiger charge is -2.21. The van der Waals surface area contributed by atoms with E-state index in [1.54, 1.807) is 0 Å². The zero-order chi connectivity index (χ0) is 13.1.